The lowest BCUT2D eigenvalue weighted by Crippen LogP contribution is -2.68. The molecule has 12 amide bonds. The van der Waals surface area contributed by atoms with E-state index in [0.29, 0.717) is 44.9 Å². The Labute approximate surface area is 645 Å². The Morgan fingerprint density at radius 3 is 1.77 bits per heavy atom. The molecule has 5 saturated carbocycles. The van der Waals surface area contributed by atoms with Crippen LogP contribution < -0.4 is 16.0 Å². The van der Waals surface area contributed by atoms with Crippen molar-refractivity contribution in [1.82, 2.24) is 60.0 Å². The van der Waals surface area contributed by atoms with Crippen molar-refractivity contribution < 1.29 is 102 Å². The number of halogens is 8. The van der Waals surface area contributed by atoms with E-state index in [1.54, 1.807) is 20.8 Å². The molecule has 0 radical (unpaired) electrons. The molecule has 4 aliphatic heterocycles. The Morgan fingerprint density at radius 1 is 0.577 bits per heavy atom. The molecule has 2 bridgehead atoms. The van der Waals surface area contributed by atoms with Gasteiger partial charge in [0.15, 0.2) is 0 Å². The Kier molecular flexibility index (Phi) is 30.1. The maximum Gasteiger partial charge on any atom is 0.397 e. The number of nitrogens with zero attached hydrogens (tertiary/aromatic N) is 9. The number of alkyl halides is 8. The molecule has 9 rings (SSSR count). The number of amides is 12. The van der Waals surface area contributed by atoms with Gasteiger partial charge in [0.2, 0.25) is 70.9 Å². The monoisotopic (exact) mass is 1590 g/mol. The highest BCUT2D eigenvalue weighted by atomic mass is 19.4. The largest absolute Gasteiger partial charge is 0.397 e. The zero-order valence-corrected chi connectivity index (χ0v) is 65.9. The molecule has 26 nitrogen and oxygen atoms in total. The summed E-state index contributed by atoms with van der Waals surface area (Å²) in [6, 6.07) is -11.2. The van der Waals surface area contributed by atoms with Crippen molar-refractivity contribution in [3.63, 3.8) is 0 Å². The van der Waals surface area contributed by atoms with E-state index in [-0.39, 0.29) is 129 Å². The van der Waals surface area contributed by atoms with Crippen molar-refractivity contribution >= 4 is 70.9 Å². The number of carbonyl (C=O) groups is 12. The highest BCUT2D eigenvalue weighted by Gasteiger charge is 2.57. The Morgan fingerprint density at radius 2 is 1.19 bits per heavy atom. The van der Waals surface area contributed by atoms with Crippen molar-refractivity contribution in [2.75, 3.05) is 101 Å². The third-order valence-corrected chi connectivity index (χ3v) is 25.9. The molecule has 0 aromatic heterocycles. The van der Waals surface area contributed by atoms with Crippen LogP contribution in [0.1, 0.15) is 188 Å². The van der Waals surface area contributed by atoms with Crippen molar-refractivity contribution in [3.8, 4) is 0 Å². The van der Waals surface area contributed by atoms with Crippen molar-refractivity contribution in [1.29, 1.82) is 0 Å². The van der Waals surface area contributed by atoms with Gasteiger partial charge < -0.3 is 69.5 Å². The van der Waals surface area contributed by atoms with E-state index in [1.807, 2.05) is 0 Å². The quantitative estimate of drug-likeness (QED) is 0.176. The molecule has 3 N–H and O–H groups in total. The summed E-state index contributed by atoms with van der Waals surface area (Å²) in [5.41, 5.74) is -1.69. The van der Waals surface area contributed by atoms with E-state index >= 15 is 51.9 Å². The predicted molar refractivity (Wildman–Crippen MR) is 388 cm³/mol. The first kappa shape index (κ1) is 88.0. The first-order chi connectivity index (χ1) is 52.4. The molecule has 5 aliphatic carbocycles. The van der Waals surface area contributed by atoms with E-state index < -0.39 is 230 Å². The van der Waals surface area contributed by atoms with Crippen LogP contribution in [-0.2, 0) is 67.0 Å². The molecule has 2 unspecified atom stereocenters. The van der Waals surface area contributed by atoms with Crippen LogP contribution in [0.4, 0.5) is 35.1 Å². The van der Waals surface area contributed by atoms with Gasteiger partial charge in [-0.05, 0) is 152 Å². The molecular weight excluding hydrogens is 1470 g/mol. The fourth-order valence-electron chi connectivity index (χ4n) is 18.4. The summed E-state index contributed by atoms with van der Waals surface area (Å²) >= 11 is 0. The summed E-state index contributed by atoms with van der Waals surface area (Å²) in [5, 5.41) is 8.51. The normalized spacial score (nSPS) is 32.8. The fraction of sp³-hybridized carbons (Fsp3) is 0.844. The molecule has 111 heavy (non-hydrogen) atoms. The summed E-state index contributed by atoms with van der Waals surface area (Å²) in [4.78, 5) is 194. The number of ether oxygens (including phenoxy) is 2. The minimum atomic E-state index is -5.22. The van der Waals surface area contributed by atoms with Gasteiger partial charge in [0, 0.05) is 81.5 Å². The van der Waals surface area contributed by atoms with E-state index in [0.717, 1.165) is 38.9 Å². The highest BCUT2D eigenvalue weighted by molar-refractivity contribution is 6.01. The number of carbonyl (C=O) groups excluding carboxylic acids is 12. The average Bonchev–Trinajstić information content (AvgIpc) is 1.75. The lowest BCUT2D eigenvalue weighted by atomic mass is 9.74. The number of rotatable bonds is 13. The number of hydrogen-bond acceptors (Lipinski definition) is 14. The maximum atomic E-state index is 15.8. The van der Waals surface area contributed by atoms with Gasteiger partial charge in [0.1, 0.15) is 72.1 Å². The van der Waals surface area contributed by atoms with Gasteiger partial charge in [-0.2, -0.15) is 26.3 Å². The van der Waals surface area contributed by atoms with Crippen LogP contribution in [0.3, 0.4) is 0 Å². The van der Waals surface area contributed by atoms with Crippen molar-refractivity contribution in [2.24, 2.45) is 41.4 Å². The number of nitrogens with one attached hydrogen (secondary N) is 3. The number of fused-ring (bicyclic) bond motifs is 3. The fourth-order valence-corrected chi connectivity index (χ4v) is 18.4. The lowest BCUT2D eigenvalue weighted by Gasteiger charge is -2.47. The minimum Gasteiger partial charge on any atom is -0.378 e. The first-order valence-corrected chi connectivity index (χ1v) is 40.4. The molecule has 34 heteroatoms. The molecule has 4 heterocycles. The summed E-state index contributed by atoms with van der Waals surface area (Å²) in [7, 11) is 8.18. The summed E-state index contributed by atoms with van der Waals surface area (Å²) in [6.07, 6.45) is -13.3. The molecule has 9 fully saturated rings. The molecule has 0 aromatic rings. The van der Waals surface area contributed by atoms with Gasteiger partial charge in [-0.15, -0.1) is 0 Å². The zero-order chi connectivity index (χ0) is 81.3. The van der Waals surface area contributed by atoms with Crippen LogP contribution in [0.25, 0.3) is 0 Å². The SMILES string of the molecule is CCO[C@@H]1C[C@H]2C(=O)NC3(CCC3)C(=O)N(C)[C@@H](C3CCCC3)C(=O)N(C)[C@H](C(=O)N3CCOCC3)CC(=O)N(C)[C@@H](CC3CCC3)C(=O)N[C@@H]([C@@H](C)CC)C(=O)N(C)CC(=O)N(C)[C@H]3CCCCN(C3=O)[C@@H](CC3CCC(C(F)(F)F)CC3)C(=O)N(C)CC(=O)N[C@@H](CCC3CC(F)C(C(F)(F)F)C(F)C3)C(=O)N2C1. The van der Waals surface area contributed by atoms with Crippen molar-refractivity contribution in [3.05, 3.63) is 0 Å². The first-order valence-electron chi connectivity index (χ1n) is 40.4. The van der Waals surface area contributed by atoms with E-state index in [4.69, 9.17) is 9.47 Å². The second-order valence-electron chi connectivity index (χ2n) is 33.3. The van der Waals surface area contributed by atoms with Crippen LogP contribution in [0, 0.1) is 41.4 Å². The van der Waals surface area contributed by atoms with E-state index in [2.05, 4.69) is 16.0 Å². The Hall–Kier alpha value is -7.00. The molecule has 12 atom stereocenters. The second-order valence-corrected chi connectivity index (χ2v) is 33.3. The minimum absolute atomic E-state index is 0.0104. The Bertz CT molecular complexity index is 3300. The van der Waals surface area contributed by atoms with Crippen LogP contribution in [0.15, 0.2) is 0 Å². The van der Waals surface area contributed by atoms with Gasteiger partial charge in [-0.3, -0.25) is 57.5 Å². The molecule has 4 saturated heterocycles. The van der Waals surface area contributed by atoms with Crippen LogP contribution >= 0.6 is 0 Å². The summed E-state index contributed by atoms with van der Waals surface area (Å²) < 4.78 is 127. The molecule has 9 aliphatic rings. The number of likely N-dealkylation sites (N-methyl/N-ethyl adjacent to an activating group) is 6. The molecule has 1 spiro atoms. The third-order valence-electron chi connectivity index (χ3n) is 25.9. The van der Waals surface area contributed by atoms with Crippen molar-refractivity contribution in [2.45, 2.75) is 272 Å². The van der Waals surface area contributed by atoms with Crippen LogP contribution in [0.2, 0.25) is 0 Å². The number of morpholine rings is 1. The van der Waals surface area contributed by atoms with Gasteiger partial charge >= 0.3 is 12.4 Å². The second kappa shape index (κ2) is 38.0. The van der Waals surface area contributed by atoms with Gasteiger partial charge in [-0.1, -0.05) is 52.4 Å². The Balaban J connectivity index is 1.10. The lowest BCUT2D eigenvalue weighted by molar-refractivity contribution is -0.219. The molecule has 0 aromatic carbocycles. The third kappa shape index (κ3) is 20.9. The van der Waals surface area contributed by atoms with Gasteiger partial charge in [0.05, 0.1) is 44.7 Å². The zero-order valence-electron chi connectivity index (χ0n) is 65.9. The molecular formula is C77H118F8N12O14. The van der Waals surface area contributed by atoms with Crippen LogP contribution in [0.5, 0.6) is 0 Å². The van der Waals surface area contributed by atoms with Gasteiger partial charge in [0.25, 0.3) is 0 Å². The summed E-state index contributed by atoms with van der Waals surface area (Å²) in [6.45, 7) is 3.97. The predicted octanol–water partition coefficient (Wildman–Crippen LogP) is 6.10. The van der Waals surface area contributed by atoms with Crippen LogP contribution in [-0.4, -0.2) is 301 Å². The van der Waals surface area contributed by atoms with E-state index in [9.17, 15) is 40.7 Å². The standard InChI is InChI=1S/C77H118F8N12O14/c1-10-45(3)64-72(107)90(5)44-62(100)91(6)55-22-14-15-31-96(71(55)106)59(39-47-23-26-50(27-24-47)76(80,81)82)69(104)89(4)43-60(98)86-54(28-25-48-36-52(78)63(53(79)37-48)77(83,84)85)68(103)97-42-51(111-11-2)40-57(97)67(102)88-75(29-17-30-75)74(109)94(9)65(49-20-12-13-21-49)73(108)93(8)58(70(105)95-32-34-110-35-33-95)41-61(99)92(7)56(66(101)87-64)38-46-18-16-19-46/h45-59,63-65H,10-44H2,1-9H3,(H,86,98)(H,87,101)(H,88,102)/t45-,47?,48?,50?,51+,52?,53?,54-,55-,56-,57-,58-,59-,63?,64-,65-/m0/s1. The smallest absolute Gasteiger partial charge is 0.378 e. The van der Waals surface area contributed by atoms with Gasteiger partial charge in [-0.25, -0.2) is 8.78 Å². The topological polar surface area (TPSA) is 289 Å². The van der Waals surface area contributed by atoms with E-state index in [1.165, 1.54) is 66.8 Å². The maximum absolute atomic E-state index is 15.8. The number of hydrogen-bond donors (Lipinski definition) is 3. The average molecular weight is 1590 g/mol. The highest BCUT2D eigenvalue weighted by Crippen LogP contribution is 2.46. The molecule has 626 valence electrons. The summed E-state index contributed by atoms with van der Waals surface area (Å²) in [5.74, 6) is -16.4.